The van der Waals surface area contributed by atoms with Crippen LogP contribution in [-0.2, 0) is 12.8 Å². The van der Waals surface area contributed by atoms with Gasteiger partial charge in [0.2, 0.25) is 0 Å². The zero-order valence-electron chi connectivity index (χ0n) is 9.65. The van der Waals surface area contributed by atoms with E-state index in [0.29, 0.717) is 18.2 Å². The average molecular weight is 266 g/mol. The maximum absolute atomic E-state index is 6.22. The highest BCUT2D eigenvalue weighted by Crippen LogP contribution is 2.35. The van der Waals surface area contributed by atoms with Crippen LogP contribution in [0.5, 0.6) is 11.5 Å². The van der Waals surface area contributed by atoms with Crippen molar-refractivity contribution in [1.82, 2.24) is 15.4 Å². The normalized spacial score (nSPS) is 13.6. The molecule has 1 aliphatic rings. The van der Waals surface area contributed by atoms with Crippen LogP contribution < -0.4 is 9.47 Å². The number of fused-ring (bicyclic) bond motifs is 1. The number of aryl methyl sites for hydroxylation is 2. The molecule has 0 bridgehead atoms. The summed E-state index contributed by atoms with van der Waals surface area (Å²) in [6.07, 6.45) is 3.30. The zero-order chi connectivity index (χ0) is 12.4. The van der Waals surface area contributed by atoms with Crippen LogP contribution in [-0.4, -0.2) is 28.6 Å². The fourth-order valence-corrected chi connectivity index (χ4v) is 2.15. The molecule has 0 amide bonds. The number of hydrogen-bond donors (Lipinski definition) is 1. The number of aromatic amines is 1. The van der Waals surface area contributed by atoms with E-state index in [2.05, 4.69) is 15.4 Å². The Labute approximate surface area is 109 Å². The first kappa shape index (κ1) is 11.3. The predicted molar refractivity (Wildman–Crippen MR) is 66.2 cm³/mol. The van der Waals surface area contributed by atoms with E-state index in [4.69, 9.17) is 21.1 Å². The Morgan fingerprint density at radius 3 is 2.67 bits per heavy atom. The quantitative estimate of drug-likeness (QED) is 0.922. The molecule has 2 heterocycles. The Kier molecular flexibility index (Phi) is 3.06. The molecule has 0 unspecified atom stereocenters. The topological polar surface area (TPSA) is 60.0 Å². The van der Waals surface area contributed by atoms with E-state index in [1.807, 2.05) is 12.1 Å². The molecule has 3 rings (SSSR count). The minimum Gasteiger partial charge on any atom is -0.486 e. The van der Waals surface area contributed by atoms with E-state index in [9.17, 15) is 0 Å². The standard InChI is InChI=1S/C12H12ClN3O2/c13-10-6-12-11(17-3-4-18-12)5-8(10)1-2-9-7-14-16-15-9/h5-7H,1-4H2,(H,14,15,16). The van der Waals surface area contributed by atoms with Crippen LogP contribution in [0.2, 0.25) is 5.02 Å². The lowest BCUT2D eigenvalue weighted by molar-refractivity contribution is 0.171. The van der Waals surface area contributed by atoms with Crippen molar-refractivity contribution in [1.29, 1.82) is 0 Å². The van der Waals surface area contributed by atoms with Crippen LogP contribution in [0.15, 0.2) is 18.3 Å². The average Bonchev–Trinajstić information content (AvgIpc) is 2.89. The van der Waals surface area contributed by atoms with Gasteiger partial charge in [-0.05, 0) is 24.5 Å². The molecule has 0 spiro atoms. The molecule has 1 aromatic carbocycles. The summed E-state index contributed by atoms with van der Waals surface area (Å²) in [5.74, 6) is 1.48. The Hall–Kier alpha value is -1.75. The largest absolute Gasteiger partial charge is 0.486 e. The van der Waals surface area contributed by atoms with Gasteiger partial charge in [0.1, 0.15) is 13.2 Å². The molecular formula is C12H12ClN3O2. The molecule has 0 aliphatic carbocycles. The van der Waals surface area contributed by atoms with Crippen molar-refractivity contribution in [3.63, 3.8) is 0 Å². The molecule has 1 N–H and O–H groups in total. The molecular weight excluding hydrogens is 254 g/mol. The summed E-state index contributed by atoms with van der Waals surface area (Å²) >= 11 is 6.22. The monoisotopic (exact) mass is 265 g/mol. The van der Waals surface area contributed by atoms with Crippen LogP contribution in [0.25, 0.3) is 0 Å². The van der Waals surface area contributed by atoms with Gasteiger partial charge in [0.15, 0.2) is 11.5 Å². The second-order valence-electron chi connectivity index (χ2n) is 4.05. The maximum atomic E-state index is 6.22. The highest BCUT2D eigenvalue weighted by Gasteiger charge is 2.15. The predicted octanol–water partition coefficient (Wildman–Crippen LogP) is 2.01. The third kappa shape index (κ3) is 2.26. The second kappa shape index (κ2) is 4.86. The van der Waals surface area contributed by atoms with Crippen LogP contribution >= 0.6 is 11.6 Å². The van der Waals surface area contributed by atoms with Gasteiger partial charge in [-0.3, -0.25) is 0 Å². The first-order valence-electron chi connectivity index (χ1n) is 5.75. The summed E-state index contributed by atoms with van der Waals surface area (Å²) in [7, 11) is 0. The highest BCUT2D eigenvalue weighted by molar-refractivity contribution is 6.31. The van der Waals surface area contributed by atoms with Gasteiger partial charge in [0.05, 0.1) is 11.9 Å². The Balaban J connectivity index is 1.79. The molecule has 0 fully saturated rings. The van der Waals surface area contributed by atoms with Crippen molar-refractivity contribution >= 4 is 11.6 Å². The summed E-state index contributed by atoms with van der Waals surface area (Å²) in [4.78, 5) is 0. The third-order valence-electron chi connectivity index (χ3n) is 2.83. The number of nitrogens with one attached hydrogen (secondary N) is 1. The summed E-state index contributed by atoms with van der Waals surface area (Å²) in [6, 6.07) is 3.76. The van der Waals surface area contributed by atoms with E-state index in [-0.39, 0.29) is 0 Å². The fourth-order valence-electron chi connectivity index (χ4n) is 1.91. The first-order valence-corrected chi connectivity index (χ1v) is 6.13. The van der Waals surface area contributed by atoms with E-state index in [1.54, 1.807) is 6.20 Å². The molecule has 94 valence electrons. The molecule has 5 nitrogen and oxygen atoms in total. The smallest absolute Gasteiger partial charge is 0.162 e. The van der Waals surface area contributed by atoms with Gasteiger partial charge >= 0.3 is 0 Å². The summed E-state index contributed by atoms with van der Waals surface area (Å²) in [5, 5.41) is 11.1. The molecule has 1 aliphatic heterocycles. The number of H-pyrrole nitrogens is 1. The lowest BCUT2D eigenvalue weighted by atomic mass is 10.1. The van der Waals surface area contributed by atoms with Crippen LogP contribution in [0.4, 0.5) is 0 Å². The van der Waals surface area contributed by atoms with Crippen molar-refractivity contribution < 1.29 is 9.47 Å². The minimum atomic E-state index is 0.571. The molecule has 2 aromatic rings. The number of nitrogens with zero attached hydrogens (tertiary/aromatic N) is 2. The maximum Gasteiger partial charge on any atom is 0.162 e. The Morgan fingerprint density at radius 1 is 1.17 bits per heavy atom. The van der Waals surface area contributed by atoms with Crippen LogP contribution in [0.1, 0.15) is 11.3 Å². The number of aromatic nitrogens is 3. The van der Waals surface area contributed by atoms with Crippen molar-refractivity contribution in [2.45, 2.75) is 12.8 Å². The van der Waals surface area contributed by atoms with Crippen molar-refractivity contribution in [2.75, 3.05) is 13.2 Å². The number of hydrogen-bond acceptors (Lipinski definition) is 4. The van der Waals surface area contributed by atoms with Crippen molar-refractivity contribution in [2.24, 2.45) is 0 Å². The highest BCUT2D eigenvalue weighted by atomic mass is 35.5. The van der Waals surface area contributed by atoms with Gasteiger partial charge in [0, 0.05) is 11.1 Å². The third-order valence-corrected chi connectivity index (χ3v) is 3.18. The molecule has 18 heavy (non-hydrogen) atoms. The number of halogens is 1. The lowest BCUT2D eigenvalue weighted by Gasteiger charge is -2.19. The van der Waals surface area contributed by atoms with E-state index < -0.39 is 0 Å². The molecule has 0 saturated heterocycles. The Bertz CT molecular complexity index is 543. The number of ether oxygens (including phenoxy) is 2. The van der Waals surface area contributed by atoms with Crippen LogP contribution in [0, 0.1) is 0 Å². The summed E-state index contributed by atoms with van der Waals surface area (Å²) in [6.45, 7) is 1.15. The fraction of sp³-hybridized carbons (Fsp3) is 0.333. The molecule has 1 aromatic heterocycles. The van der Waals surface area contributed by atoms with E-state index in [0.717, 1.165) is 35.6 Å². The molecule has 0 atom stereocenters. The summed E-state index contributed by atoms with van der Waals surface area (Å²) in [5.41, 5.74) is 1.95. The molecule has 6 heteroatoms. The van der Waals surface area contributed by atoms with E-state index in [1.165, 1.54) is 0 Å². The summed E-state index contributed by atoms with van der Waals surface area (Å²) < 4.78 is 11.0. The van der Waals surface area contributed by atoms with Crippen LogP contribution in [0.3, 0.4) is 0 Å². The minimum absolute atomic E-state index is 0.571. The number of benzene rings is 1. The van der Waals surface area contributed by atoms with E-state index >= 15 is 0 Å². The lowest BCUT2D eigenvalue weighted by Crippen LogP contribution is -2.15. The van der Waals surface area contributed by atoms with Gasteiger partial charge in [-0.25, -0.2) is 0 Å². The van der Waals surface area contributed by atoms with Crippen molar-refractivity contribution in [3.05, 3.63) is 34.6 Å². The Morgan fingerprint density at radius 2 is 1.94 bits per heavy atom. The second-order valence-corrected chi connectivity index (χ2v) is 4.46. The van der Waals surface area contributed by atoms with Gasteiger partial charge < -0.3 is 9.47 Å². The number of rotatable bonds is 3. The molecule has 0 radical (unpaired) electrons. The van der Waals surface area contributed by atoms with Crippen molar-refractivity contribution in [3.8, 4) is 11.5 Å². The van der Waals surface area contributed by atoms with Gasteiger partial charge in [-0.15, -0.1) is 0 Å². The van der Waals surface area contributed by atoms with Gasteiger partial charge in [0.25, 0.3) is 0 Å². The zero-order valence-corrected chi connectivity index (χ0v) is 10.4. The van der Waals surface area contributed by atoms with Gasteiger partial charge in [-0.2, -0.15) is 15.4 Å². The van der Waals surface area contributed by atoms with Gasteiger partial charge in [-0.1, -0.05) is 11.6 Å². The first-order chi connectivity index (χ1) is 8.83. The SMILES string of the molecule is Clc1cc2c(cc1CCc1cn[nH]n1)OCCO2. The molecule has 0 saturated carbocycles.